The van der Waals surface area contributed by atoms with Crippen molar-refractivity contribution in [2.75, 3.05) is 0 Å². The zero-order chi connectivity index (χ0) is 21.0. The highest BCUT2D eigenvalue weighted by Crippen LogP contribution is 2.37. The first-order valence-electron chi connectivity index (χ1n) is 9.98. The van der Waals surface area contributed by atoms with Crippen LogP contribution in [0.4, 0.5) is 0 Å². The van der Waals surface area contributed by atoms with E-state index in [1.165, 1.54) is 10.6 Å². The second-order valence-corrected chi connectivity index (χ2v) is 9.59. The number of nitrogens with zero attached hydrogens (tertiary/aromatic N) is 3. The summed E-state index contributed by atoms with van der Waals surface area (Å²) in [4.78, 5) is 0. The minimum Gasteiger partial charge on any atom is -0.212 e. The molecular weight excluding hydrogens is 421 g/mol. The summed E-state index contributed by atoms with van der Waals surface area (Å²) >= 11 is 6.38. The summed E-state index contributed by atoms with van der Waals surface area (Å²) in [6.07, 6.45) is 0. The van der Waals surface area contributed by atoms with Crippen LogP contribution in [0.15, 0.2) is 115 Å². The van der Waals surface area contributed by atoms with Gasteiger partial charge < -0.3 is 0 Å². The van der Waals surface area contributed by atoms with Gasteiger partial charge in [0.1, 0.15) is 11.1 Å². The van der Waals surface area contributed by atoms with Crippen molar-refractivity contribution >= 4 is 35.6 Å². The third kappa shape index (κ3) is 4.03. The Morgan fingerprint density at radius 3 is 1.81 bits per heavy atom. The van der Waals surface area contributed by atoms with Crippen molar-refractivity contribution in [3.63, 3.8) is 0 Å². The molecule has 0 bridgehead atoms. The molecule has 0 aliphatic carbocycles. The van der Waals surface area contributed by atoms with Crippen molar-refractivity contribution in [1.82, 2.24) is 15.0 Å². The molecule has 5 rings (SSSR count). The fourth-order valence-corrected chi connectivity index (χ4v) is 6.09. The largest absolute Gasteiger partial charge is 0.212 e. The zero-order valence-electron chi connectivity index (χ0n) is 16.6. The topological polar surface area (TPSA) is 30.7 Å². The normalized spacial score (nSPS) is 11.0. The molecule has 150 valence electrons. The second-order valence-electron chi connectivity index (χ2n) is 7.03. The third-order valence-corrected chi connectivity index (χ3v) is 7.58. The number of hydrogen-bond acceptors (Lipinski definition) is 2. The van der Waals surface area contributed by atoms with Gasteiger partial charge in [-0.3, -0.25) is 0 Å². The Hall–Kier alpha value is -3.26. The van der Waals surface area contributed by atoms with Crippen LogP contribution in [-0.4, -0.2) is 15.0 Å². The number of para-hydroxylation sites is 1. The van der Waals surface area contributed by atoms with E-state index in [4.69, 9.17) is 16.7 Å². The van der Waals surface area contributed by atoms with Crippen LogP contribution in [0.25, 0.3) is 16.9 Å². The highest BCUT2D eigenvalue weighted by Gasteiger charge is 2.26. The Morgan fingerprint density at radius 2 is 1.23 bits per heavy atom. The van der Waals surface area contributed by atoms with E-state index in [0.29, 0.717) is 5.02 Å². The standard InChI is InChI=1S/C26H19ClN3P/c27-21-12-10-11-20(19-21)25-26(28-29-30(25)22-13-4-1-5-14-22)31(23-15-6-2-7-16-23)24-17-8-3-9-18-24/h1-19H. The van der Waals surface area contributed by atoms with Crippen molar-refractivity contribution in [1.29, 1.82) is 0 Å². The molecule has 3 nitrogen and oxygen atoms in total. The summed E-state index contributed by atoms with van der Waals surface area (Å²) in [5.41, 5.74) is 3.88. The first kappa shape index (κ1) is 19.7. The summed E-state index contributed by atoms with van der Waals surface area (Å²) < 4.78 is 1.92. The summed E-state index contributed by atoms with van der Waals surface area (Å²) in [6, 6.07) is 39.1. The van der Waals surface area contributed by atoms with Crippen molar-refractivity contribution in [2.45, 2.75) is 0 Å². The number of aromatic nitrogens is 3. The van der Waals surface area contributed by atoms with E-state index in [9.17, 15) is 0 Å². The van der Waals surface area contributed by atoms with Gasteiger partial charge in [0, 0.05) is 18.5 Å². The van der Waals surface area contributed by atoms with Crippen LogP contribution in [-0.2, 0) is 0 Å². The first-order chi connectivity index (χ1) is 15.3. The lowest BCUT2D eigenvalue weighted by atomic mass is 10.1. The average Bonchev–Trinajstić information content (AvgIpc) is 3.26. The molecule has 0 radical (unpaired) electrons. The molecule has 31 heavy (non-hydrogen) atoms. The van der Waals surface area contributed by atoms with Crippen LogP contribution in [0.5, 0.6) is 0 Å². The van der Waals surface area contributed by atoms with Gasteiger partial charge in [0.2, 0.25) is 0 Å². The lowest BCUT2D eigenvalue weighted by molar-refractivity contribution is 0.810. The van der Waals surface area contributed by atoms with E-state index in [-0.39, 0.29) is 0 Å². The van der Waals surface area contributed by atoms with Gasteiger partial charge in [-0.15, -0.1) is 5.10 Å². The number of hydrogen-bond donors (Lipinski definition) is 0. The van der Waals surface area contributed by atoms with Crippen molar-refractivity contribution in [2.24, 2.45) is 0 Å². The third-order valence-electron chi connectivity index (χ3n) is 4.99. The molecule has 1 aromatic heterocycles. The molecule has 0 unspecified atom stereocenters. The zero-order valence-corrected chi connectivity index (χ0v) is 18.3. The van der Waals surface area contributed by atoms with Crippen LogP contribution >= 0.6 is 19.5 Å². The predicted molar refractivity (Wildman–Crippen MR) is 131 cm³/mol. The summed E-state index contributed by atoms with van der Waals surface area (Å²) in [7, 11) is -0.907. The number of benzene rings is 4. The monoisotopic (exact) mass is 439 g/mol. The molecule has 0 aliphatic heterocycles. The number of halogens is 1. The second kappa shape index (κ2) is 8.85. The Kier molecular flexibility index (Phi) is 5.62. The van der Waals surface area contributed by atoms with Crippen LogP contribution in [0.1, 0.15) is 0 Å². The van der Waals surface area contributed by atoms with Crippen molar-refractivity contribution in [3.05, 3.63) is 120 Å². The van der Waals surface area contributed by atoms with E-state index in [1.54, 1.807) is 0 Å². The maximum atomic E-state index is 6.38. The van der Waals surface area contributed by atoms with Gasteiger partial charge in [0.15, 0.2) is 0 Å². The molecule has 0 amide bonds. The highest BCUT2D eigenvalue weighted by molar-refractivity contribution is 7.79. The Balaban J connectivity index is 1.79. The summed E-state index contributed by atoms with van der Waals surface area (Å²) in [5, 5.41) is 12.5. The smallest absolute Gasteiger partial charge is 0.123 e. The maximum absolute atomic E-state index is 6.38. The quantitative estimate of drug-likeness (QED) is 0.346. The van der Waals surface area contributed by atoms with Gasteiger partial charge in [-0.1, -0.05) is 108 Å². The van der Waals surface area contributed by atoms with E-state index in [0.717, 1.165) is 22.4 Å². The summed E-state index contributed by atoms with van der Waals surface area (Å²) in [5.74, 6) is 0. The fraction of sp³-hybridized carbons (Fsp3) is 0. The molecule has 0 spiro atoms. The fourth-order valence-electron chi connectivity index (χ4n) is 3.61. The minimum absolute atomic E-state index is 0.688. The van der Waals surface area contributed by atoms with Crippen LogP contribution in [0.2, 0.25) is 5.02 Å². The molecule has 1 heterocycles. The average molecular weight is 440 g/mol. The van der Waals surface area contributed by atoms with E-state index < -0.39 is 7.92 Å². The molecule has 0 saturated carbocycles. The predicted octanol–water partition coefficient (Wildman–Crippen LogP) is 5.35. The highest BCUT2D eigenvalue weighted by atomic mass is 35.5. The Labute approximate surface area is 187 Å². The van der Waals surface area contributed by atoms with Crippen molar-refractivity contribution in [3.8, 4) is 16.9 Å². The first-order valence-corrected chi connectivity index (χ1v) is 11.7. The van der Waals surface area contributed by atoms with Gasteiger partial charge in [0.25, 0.3) is 0 Å². The molecule has 4 aromatic carbocycles. The summed E-state index contributed by atoms with van der Waals surface area (Å²) in [6.45, 7) is 0. The van der Waals surface area contributed by atoms with E-state index in [1.807, 2.05) is 65.3 Å². The molecule has 0 atom stereocenters. The SMILES string of the molecule is Clc1cccc(-c2c(P(c3ccccc3)c3ccccc3)nnn2-c2ccccc2)c1. The maximum Gasteiger partial charge on any atom is 0.123 e. The molecule has 0 aliphatic rings. The number of rotatable bonds is 5. The Morgan fingerprint density at radius 1 is 0.645 bits per heavy atom. The van der Waals surface area contributed by atoms with Crippen LogP contribution in [0.3, 0.4) is 0 Å². The van der Waals surface area contributed by atoms with Gasteiger partial charge in [-0.05, 0) is 34.9 Å². The molecule has 5 heteroatoms. The van der Waals surface area contributed by atoms with Crippen LogP contribution < -0.4 is 16.0 Å². The van der Waals surface area contributed by atoms with Gasteiger partial charge in [0.05, 0.1) is 5.69 Å². The lowest BCUT2D eigenvalue weighted by Gasteiger charge is -2.18. The Bertz CT molecular complexity index is 1250. The van der Waals surface area contributed by atoms with E-state index in [2.05, 4.69) is 59.8 Å². The molecule has 0 saturated heterocycles. The van der Waals surface area contributed by atoms with E-state index >= 15 is 0 Å². The van der Waals surface area contributed by atoms with Gasteiger partial charge in [-0.2, -0.15) is 0 Å². The van der Waals surface area contributed by atoms with Crippen LogP contribution in [0, 0.1) is 0 Å². The van der Waals surface area contributed by atoms with Gasteiger partial charge >= 0.3 is 0 Å². The lowest BCUT2D eigenvalue weighted by Crippen LogP contribution is -2.23. The minimum atomic E-state index is -0.907. The molecule has 5 aromatic rings. The van der Waals surface area contributed by atoms with Gasteiger partial charge in [-0.25, -0.2) is 4.68 Å². The molecular formula is C26H19ClN3P. The van der Waals surface area contributed by atoms with Crippen molar-refractivity contribution < 1.29 is 0 Å². The molecule has 0 fully saturated rings. The molecule has 0 N–H and O–H groups in total.